The summed E-state index contributed by atoms with van der Waals surface area (Å²) in [5.74, 6) is 0.895. The van der Waals surface area contributed by atoms with Crippen molar-refractivity contribution in [2.45, 2.75) is 18.9 Å². The maximum atomic E-state index is 12.0. The van der Waals surface area contributed by atoms with Crippen LogP contribution in [-0.2, 0) is 11.2 Å². The number of carbonyl (C=O) groups is 1. The molecule has 0 unspecified atom stereocenters. The van der Waals surface area contributed by atoms with Gasteiger partial charge in [-0.25, -0.2) is 0 Å². The van der Waals surface area contributed by atoms with Crippen molar-refractivity contribution < 1.29 is 9.53 Å². The van der Waals surface area contributed by atoms with E-state index in [-0.39, 0.29) is 11.9 Å². The molecule has 0 aliphatic carbocycles. The molecular formula is C13H18N2O2. The Hall–Kier alpha value is -1.55. The SMILES string of the molecule is COc1ccccc1CC(=O)N1CC[C@@H](N)C1. The Bertz CT molecular complexity index is 406. The van der Waals surface area contributed by atoms with Crippen LogP contribution >= 0.6 is 0 Å². The highest BCUT2D eigenvalue weighted by Gasteiger charge is 2.23. The fourth-order valence-corrected chi connectivity index (χ4v) is 2.14. The first kappa shape index (κ1) is 11.9. The fraction of sp³-hybridized carbons (Fsp3) is 0.462. The summed E-state index contributed by atoms with van der Waals surface area (Å²) in [5, 5.41) is 0. The summed E-state index contributed by atoms with van der Waals surface area (Å²) in [6.45, 7) is 1.45. The van der Waals surface area contributed by atoms with Crippen LogP contribution in [0.2, 0.25) is 0 Å². The number of rotatable bonds is 3. The van der Waals surface area contributed by atoms with Gasteiger partial charge >= 0.3 is 0 Å². The minimum absolute atomic E-state index is 0.127. The van der Waals surface area contributed by atoms with Gasteiger partial charge in [0.1, 0.15) is 5.75 Å². The van der Waals surface area contributed by atoms with Crippen LogP contribution in [0.3, 0.4) is 0 Å². The second kappa shape index (κ2) is 5.19. The summed E-state index contributed by atoms with van der Waals surface area (Å²) in [5.41, 5.74) is 6.72. The van der Waals surface area contributed by atoms with Crippen LogP contribution in [0.4, 0.5) is 0 Å². The van der Waals surface area contributed by atoms with E-state index >= 15 is 0 Å². The number of hydrogen-bond acceptors (Lipinski definition) is 3. The van der Waals surface area contributed by atoms with Crippen molar-refractivity contribution in [1.29, 1.82) is 0 Å². The van der Waals surface area contributed by atoms with Crippen molar-refractivity contribution in [2.24, 2.45) is 5.73 Å². The average Bonchev–Trinajstić information content (AvgIpc) is 2.77. The van der Waals surface area contributed by atoms with Crippen molar-refractivity contribution in [2.75, 3.05) is 20.2 Å². The molecule has 17 heavy (non-hydrogen) atoms. The first-order valence-electron chi connectivity index (χ1n) is 5.86. The topological polar surface area (TPSA) is 55.6 Å². The van der Waals surface area contributed by atoms with Crippen molar-refractivity contribution in [3.63, 3.8) is 0 Å². The molecule has 1 heterocycles. The minimum Gasteiger partial charge on any atom is -0.496 e. The number of para-hydroxylation sites is 1. The predicted molar refractivity (Wildman–Crippen MR) is 65.9 cm³/mol. The average molecular weight is 234 g/mol. The van der Waals surface area contributed by atoms with E-state index in [0.29, 0.717) is 13.0 Å². The normalized spacial score (nSPS) is 19.4. The monoisotopic (exact) mass is 234 g/mol. The molecule has 1 aromatic carbocycles. The van der Waals surface area contributed by atoms with E-state index in [4.69, 9.17) is 10.5 Å². The van der Waals surface area contributed by atoms with E-state index in [9.17, 15) is 4.79 Å². The van der Waals surface area contributed by atoms with Gasteiger partial charge in [-0.05, 0) is 12.5 Å². The number of likely N-dealkylation sites (tertiary alicyclic amines) is 1. The van der Waals surface area contributed by atoms with Gasteiger partial charge in [0.05, 0.1) is 13.5 Å². The minimum atomic E-state index is 0.127. The molecule has 0 spiro atoms. The van der Waals surface area contributed by atoms with Gasteiger partial charge in [-0.3, -0.25) is 4.79 Å². The Balaban J connectivity index is 2.03. The maximum Gasteiger partial charge on any atom is 0.227 e. The molecule has 1 atom stereocenters. The summed E-state index contributed by atoms with van der Waals surface area (Å²) in [6, 6.07) is 7.75. The second-order valence-electron chi connectivity index (χ2n) is 4.38. The zero-order valence-corrected chi connectivity index (χ0v) is 10.1. The Morgan fingerprint density at radius 3 is 2.94 bits per heavy atom. The number of nitrogens with two attached hydrogens (primary N) is 1. The molecule has 0 bridgehead atoms. The van der Waals surface area contributed by atoms with Crippen LogP contribution in [0.15, 0.2) is 24.3 Å². The Kier molecular flexibility index (Phi) is 3.64. The molecule has 92 valence electrons. The molecular weight excluding hydrogens is 216 g/mol. The van der Waals surface area contributed by atoms with Gasteiger partial charge < -0.3 is 15.4 Å². The maximum absolute atomic E-state index is 12.0. The Morgan fingerprint density at radius 1 is 1.53 bits per heavy atom. The molecule has 2 rings (SSSR count). The third kappa shape index (κ3) is 2.77. The fourth-order valence-electron chi connectivity index (χ4n) is 2.14. The summed E-state index contributed by atoms with van der Waals surface area (Å²) < 4.78 is 5.23. The standard InChI is InChI=1S/C13H18N2O2/c1-17-12-5-3-2-4-10(12)8-13(16)15-7-6-11(14)9-15/h2-5,11H,6-9,14H2,1H3/t11-/m1/s1. The van der Waals surface area contributed by atoms with Crippen LogP contribution in [0.25, 0.3) is 0 Å². The molecule has 0 radical (unpaired) electrons. The van der Waals surface area contributed by atoms with Crippen LogP contribution in [0.5, 0.6) is 5.75 Å². The highest BCUT2D eigenvalue weighted by atomic mass is 16.5. The molecule has 1 aliphatic rings. The smallest absolute Gasteiger partial charge is 0.227 e. The lowest BCUT2D eigenvalue weighted by Crippen LogP contribution is -2.32. The largest absolute Gasteiger partial charge is 0.496 e. The van der Waals surface area contributed by atoms with Crippen molar-refractivity contribution in [3.05, 3.63) is 29.8 Å². The summed E-state index contributed by atoms with van der Waals surface area (Å²) >= 11 is 0. The number of ether oxygens (including phenoxy) is 1. The first-order chi connectivity index (χ1) is 8.20. The molecule has 4 heteroatoms. The summed E-state index contributed by atoms with van der Waals surface area (Å²) in [7, 11) is 1.62. The molecule has 1 aliphatic heterocycles. The van der Waals surface area contributed by atoms with Crippen LogP contribution < -0.4 is 10.5 Å². The van der Waals surface area contributed by atoms with Crippen molar-refractivity contribution >= 4 is 5.91 Å². The van der Waals surface area contributed by atoms with Crippen molar-refractivity contribution in [1.82, 2.24) is 4.90 Å². The number of hydrogen-bond donors (Lipinski definition) is 1. The van der Waals surface area contributed by atoms with Crippen LogP contribution in [0.1, 0.15) is 12.0 Å². The number of methoxy groups -OCH3 is 1. The zero-order valence-electron chi connectivity index (χ0n) is 10.1. The van der Waals surface area contributed by atoms with E-state index in [1.54, 1.807) is 7.11 Å². The summed E-state index contributed by atoms with van der Waals surface area (Å²) in [4.78, 5) is 13.9. The van der Waals surface area contributed by atoms with Gasteiger partial charge in [-0.2, -0.15) is 0 Å². The lowest BCUT2D eigenvalue weighted by Gasteiger charge is -2.16. The van der Waals surface area contributed by atoms with E-state index in [1.165, 1.54) is 0 Å². The predicted octanol–water partition coefficient (Wildman–Crippen LogP) is 0.797. The van der Waals surface area contributed by atoms with Gasteiger partial charge in [-0.15, -0.1) is 0 Å². The molecule has 1 saturated heterocycles. The highest BCUT2D eigenvalue weighted by molar-refractivity contribution is 5.79. The van der Waals surface area contributed by atoms with Gasteiger partial charge in [-0.1, -0.05) is 18.2 Å². The Labute approximate surface area is 101 Å². The molecule has 0 saturated carbocycles. The van der Waals surface area contributed by atoms with E-state index in [1.807, 2.05) is 29.2 Å². The van der Waals surface area contributed by atoms with E-state index in [2.05, 4.69) is 0 Å². The second-order valence-corrected chi connectivity index (χ2v) is 4.38. The van der Waals surface area contributed by atoms with Crippen LogP contribution in [0, 0.1) is 0 Å². The molecule has 1 aromatic rings. The highest BCUT2D eigenvalue weighted by Crippen LogP contribution is 2.19. The van der Waals surface area contributed by atoms with Crippen LogP contribution in [-0.4, -0.2) is 37.0 Å². The third-order valence-electron chi connectivity index (χ3n) is 3.11. The number of amides is 1. The molecule has 4 nitrogen and oxygen atoms in total. The number of carbonyl (C=O) groups excluding carboxylic acids is 1. The van der Waals surface area contributed by atoms with Gasteiger partial charge in [0.2, 0.25) is 5.91 Å². The van der Waals surface area contributed by atoms with E-state index < -0.39 is 0 Å². The third-order valence-corrected chi connectivity index (χ3v) is 3.11. The zero-order chi connectivity index (χ0) is 12.3. The first-order valence-corrected chi connectivity index (χ1v) is 5.86. The lowest BCUT2D eigenvalue weighted by molar-refractivity contribution is -0.129. The van der Waals surface area contributed by atoms with Crippen molar-refractivity contribution in [3.8, 4) is 5.75 Å². The number of benzene rings is 1. The molecule has 2 N–H and O–H groups in total. The van der Waals surface area contributed by atoms with Gasteiger partial charge in [0, 0.05) is 24.7 Å². The number of nitrogens with zero attached hydrogens (tertiary/aromatic N) is 1. The molecule has 0 aromatic heterocycles. The Morgan fingerprint density at radius 2 is 2.29 bits per heavy atom. The van der Waals surface area contributed by atoms with E-state index in [0.717, 1.165) is 24.3 Å². The lowest BCUT2D eigenvalue weighted by atomic mass is 10.1. The molecule has 1 amide bonds. The van der Waals surface area contributed by atoms with Gasteiger partial charge in [0.25, 0.3) is 0 Å². The van der Waals surface area contributed by atoms with Gasteiger partial charge in [0.15, 0.2) is 0 Å². The quantitative estimate of drug-likeness (QED) is 0.841. The molecule has 1 fully saturated rings. The summed E-state index contributed by atoms with van der Waals surface area (Å²) in [6.07, 6.45) is 1.29.